The highest BCUT2D eigenvalue weighted by atomic mass is 16.5. The molecule has 0 aliphatic carbocycles. The smallest absolute Gasteiger partial charge is 0.537 e. The van der Waals surface area contributed by atoms with Crippen molar-refractivity contribution in [2.75, 3.05) is 6.61 Å². The number of unbranched alkanes of at least 4 members (excludes halogenated alkanes) is 1. The molecule has 0 atom stereocenters. The van der Waals surface area contributed by atoms with Crippen LogP contribution in [0.15, 0.2) is 78.9 Å². The second kappa shape index (κ2) is 11.3. The summed E-state index contributed by atoms with van der Waals surface area (Å²) >= 11 is 0. The predicted octanol–water partition coefficient (Wildman–Crippen LogP) is 6.14. The second-order valence-corrected chi connectivity index (χ2v) is 7.05. The molecule has 3 nitrogen and oxygen atoms in total. The highest BCUT2D eigenvalue weighted by Gasteiger charge is 2.13. The number of allylic oxidation sites excluding steroid dienone is 1. The van der Waals surface area contributed by atoms with Gasteiger partial charge >= 0.3 is 7.69 Å². The van der Waals surface area contributed by atoms with Crippen LogP contribution in [-0.2, 0) is 0 Å². The maximum Gasteiger partial charge on any atom is 0.569 e. The van der Waals surface area contributed by atoms with Gasteiger partial charge in [0, 0.05) is 0 Å². The van der Waals surface area contributed by atoms with Crippen molar-refractivity contribution in [3.05, 3.63) is 95.6 Å². The van der Waals surface area contributed by atoms with Crippen LogP contribution in [0.3, 0.4) is 0 Å². The minimum absolute atomic E-state index is 0.595. The summed E-state index contributed by atoms with van der Waals surface area (Å²) in [6, 6.07) is 26.6. The molecule has 0 fully saturated rings. The van der Waals surface area contributed by atoms with Gasteiger partial charge in [0.2, 0.25) is 0 Å². The van der Waals surface area contributed by atoms with Crippen LogP contribution in [-0.4, -0.2) is 19.3 Å². The molecule has 3 rings (SSSR count). The molecule has 3 aromatic rings. The van der Waals surface area contributed by atoms with Crippen molar-refractivity contribution in [2.45, 2.75) is 33.1 Å². The SMILES string of the molecule is CCCCOc1ccc(C(=C(CC)c2ccccc2)c2ccc(O[B]O)cc2)cc1. The van der Waals surface area contributed by atoms with Gasteiger partial charge in [0.1, 0.15) is 11.5 Å². The molecule has 1 N–H and O–H groups in total. The maximum atomic E-state index is 8.89. The maximum absolute atomic E-state index is 8.89. The Bertz CT molecular complexity index is 932. The van der Waals surface area contributed by atoms with E-state index in [-0.39, 0.29) is 0 Å². The Hall–Kier alpha value is -2.98. The molecule has 0 amide bonds. The lowest BCUT2D eigenvalue weighted by molar-refractivity contribution is 0.309. The van der Waals surface area contributed by atoms with Crippen molar-refractivity contribution in [1.82, 2.24) is 0 Å². The lowest BCUT2D eigenvalue weighted by Gasteiger charge is -2.17. The van der Waals surface area contributed by atoms with Crippen molar-refractivity contribution in [1.29, 1.82) is 0 Å². The summed E-state index contributed by atoms with van der Waals surface area (Å²) in [5, 5.41) is 8.89. The van der Waals surface area contributed by atoms with E-state index in [0.717, 1.165) is 42.7 Å². The third-order valence-corrected chi connectivity index (χ3v) is 5.02. The Kier molecular flexibility index (Phi) is 8.16. The van der Waals surface area contributed by atoms with Crippen LogP contribution in [0.4, 0.5) is 0 Å². The van der Waals surface area contributed by atoms with Crippen LogP contribution >= 0.6 is 0 Å². The Labute approximate surface area is 180 Å². The molecule has 0 bridgehead atoms. The summed E-state index contributed by atoms with van der Waals surface area (Å²) in [6.45, 7) is 5.09. The van der Waals surface area contributed by atoms with E-state index in [9.17, 15) is 0 Å². The van der Waals surface area contributed by atoms with E-state index in [4.69, 9.17) is 14.4 Å². The minimum Gasteiger partial charge on any atom is -0.537 e. The molecule has 1 radical (unpaired) electrons. The van der Waals surface area contributed by atoms with Crippen LogP contribution in [0, 0.1) is 0 Å². The number of rotatable bonds is 10. The zero-order valence-corrected chi connectivity index (χ0v) is 17.7. The summed E-state index contributed by atoms with van der Waals surface area (Å²) in [5.41, 5.74) is 5.91. The zero-order chi connectivity index (χ0) is 21.2. The van der Waals surface area contributed by atoms with Gasteiger partial charge in [-0.25, -0.2) is 0 Å². The van der Waals surface area contributed by atoms with E-state index in [1.807, 2.05) is 42.5 Å². The van der Waals surface area contributed by atoms with Crippen LogP contribution in [0.5, 0.6) is 11.5 Å². The largest absolute Gasteiger partial charge is 0.569 e. The van der Waals surface area contributed by atoms with Crippen LogP contribution in [0.2, 0.25) is 0 Å². The first-order valence-corrected chi connectivity index (χ1v) is 10.5. The van der Waals surface area contributed by atoms with Crippen molar-refractivity contribution < 1.29 is 14.4 Å². The summed E-state index contributed by atoms with van der Waals surface area (Å²) < 4.78 is 10.9. The fourth-order valence-electron chi connectivity index (χ4n) is 3.49. The molecule has 3 aromatic carbocycles. The van der Waals surface area contributed by atoms with E-state index in [1.165, 1.54) is 16.7 Å². The van der Waals surface area contributed by atoms with E-state index < -0.39 is 0 Å². The molecule has 0 aromatic heterocycles. The molecule has 30 heavy (non-hydrogen) atoms. The van der Waals surface area contributed by atoms with Gasteiger partial charge in [-0.3, -0.25) is 0 Å². The van der Waals surface area contributed by atoms with E-state index >= 15 is 0 Å². The highest BCUT2D eigenvalue weighted by molar-refractivity contribution is 6.17. The van der Waals surface area contributed by atoms with Crippen molar-refractivity contribution in [2.24, 2.45) is 0 Å². The van der Waals surface area contributed by atoms with E-state index in [0.29, 0.717) is 13.4 Å². The Balaban J connectivity index is 2.04. The topological polar surface area (TPSA) is 38.7 Å². The average Bonchev–Trinajstić information content (AvgIpc) is 2.80. The predicted molar refractivity (Wildman–Crippen MR) is 125 cm³/mol. The van der Waals surface area contributed by atoms with Gasteiger partial charge in [0.25, 0.3) is 0 Å². The van der Waals surface area contributed by atoms with Crippen molar-refractivity contribution >= 4 is 18.8 Å². The summed E-state index contributed by atoms with van der Waals surface area (Å²) in [5.74, 6) is 1.49. The lowest BCUT2D eigenvalue weighted by atomic mass is 9.88. The first kappa shape index (κ1) is 21.7. The fourth-order valence-corrected chi connectivity index (χ4v) is 3.49. The normalized spacial score (nSPS) is 11.6. The van der Waals surface area contributed by atoms with E-state index in [1.54, 1.807) is 0 Å². The zero-order valence-electron chi connectivity index (χ0n) is 17.7. The molecular weight excluding hydrogens is 371 g/mol. The minimum atomic E-state index is 0.595. The van der Waals surface area contributed by atoms with Crippen LogP contribution in [0.25, 0.3) is 11.1 Å². The molecule has 0 heterocycles. The van der Waals surface area contributed by atoms with Gasteiger partial charge in [-0.05, 0) is 64.9 Å². The van der Waals surface area contributed by atoms with E-state index in [2.05, 4.69) is 50.2 Å². The molecule has 0 saturated carbocycles. The van der Waals surface area contributed by atoms with Crippen LogP contribution < -0.4 is 9.39 Å². The fraction of sp³-hybridized carbons (Fsp3) is 0.231. The number of hydrogen-bond donors (Lipinski definition) is 1. The van der Waals surface area contributed by atoms with Gasteiger partial charge in [0.05, 0.1) is 6.61 Å². The van der Waals surface area contributed by atoms with Gasteiger partial charge in [-0.15, -0.1) is 0 Å². The third-order valence-electron chi connectivity index (χ3n) is 5.02. The second-order valence-electron chi connectivity index (χ2n) is 7.05. The first-order chi connectivity index (χ1) is 14.8. The number of benzene rings is 3. The molecule has 0 aliphatic rings. The summed E-state index contributed by atoms with van der Waals surface area (Å²) in [7, 11) is 0.699. The van der Waals surface area contributed by atoms with Gasteiger partial charge in [-0.1, -0.05) is 74.9 Å². The summed E-state index contributed by atoms with van der Waals surface area (Å²) in [6.07, 6.45) is 3.08. The molecule has 0 unspecified atom stereocenters. The third kappa shape index (κ3) is 5.55. The molecule has 4 heteroatoms. The number of ether oxygens (including phenoxy) is 1. The Morgan fingerprint density at radius 2 is 1.37 bits per heavy atom. The molecule has 153 valence electrons. The molecule has 0 saturated heterocycles. The standard InChI is InChI=1S/C26H28BO3/c1-3-5-19-29-23-15-11-21(12-16-23)26(22-13-17-24(18-14-22)30-27-28)25(4-2)20-9-7-6-8-10-20/h6-18,28H,3-5,19H2,1-2H3. The highest BCUT2D eigenvalue weighted by Crippen LogP contribution is 2.35. The number of hydrogen-bond acceptors (Lipinski definition) is 3. The lowest BCUT2D eigenvalue weighted by Crippen LogP contribution is -2.00. The average molecular weight is 399 g/mol. The monoisotopic (exact) mass is 399 g/mol. The summed E-state index contributed by atoms with van der Waals surface area (Å²) in [4.78, 5) is 0. The molecule has 0 aliphatic heterocycles. The van der Waals surface area contributed by atoms with Gasteiger partial charge in [0.15, 0.2) is 0 Å². The quantitative estimate of drug-likeness (QED) is 0.253. The van der Waals surface area contributed by atoms with Crippen molar-refractivity contribution in [3.8, 4) is 11.5 Å². The first-order valence-electron chi connectivity index (χ1n) is 10.5. The van der Waals surface area contributed by atoms with Gasteiger partial charge in [-0.2, -0.15) is 0 Å². The molecular formula is C26H28BO3. The molecule has 0 spiro atoms. The van der Waals surface area contributed by atoms with Gasteiger partial charge < -0.3 is 14.4 Å². The van der Waals surface area contributed by atoms with Crippen LogP contribution in [0.1, 0.15) is 49.8 Å². The Morgan fingerprint density at radius 1 is 0.767 bits per heavy atom. The van der Waals surface area contributed by atoms with Crippen molar-refractivity contribution in [3.63, 3.8) is 0 Å². The Morgan fingerprint density at radius 3 is 1.90 bits per heavy atom.